The first-order valence-electron chi connectivity index (χ1n) is 6.55. The van der Waals surface area contributed by atoms with Crippen molar-refractivity contribution in [2.24, 2.45) is 5.73 Å². The number of hydrogen-bond acceptors (Lipinski definition) is 5. The maximum Gasteiger partial charge on any atom is 0.242 e. The van der Waals surface area contributed by atoms with E-state index in [0.29, 0.717) is 6.41 Å². The Morgan fingerprint density at radius 1 is 0.909 bits per heavy atom. The van der Waals surface area contributed by atoms with Crippen molar-refractivity contribution in [3.8, 4) is 0 Å². The first kappa shape index (κ1) is 19.4. The minimum absolute atomic E-state index is 0.333. The highest BCUT2D eigenvalue weighted by atomic mass is 16.2. The van der Waals surface area contributed by atoms with Crippen molar-refractivity contribution in [2.75, 3.05) is 6.54 Å². The van der Waals surface area contributed by atoms with E-state index >= 15 is 0 Å². The van der Waals surface area contributed by atoms with Crippen molar-refractivity contribution in [1.29, 1.82) is 0 Å². The lowest BCUT2D eigenvalue weighted by molar-refractivity contribution is -0.132. The molecule has 22 heavy (non-hydrogen) atoms. The van der Waals surface area contributed by atoms with Gasteiger partial charge in [0, 0.05) is 0 Å². The summed E-state index contributed by atoms with van der Waals surface area (Å²) in [5.41, 5.74) is 4.88. The van der Waals surface area contributed by atoms with E-state index in [1.54, 1.807) is 0 Å². The van der Waals surface area contributed by atoms with Gasteiger partial charge in [-0.2, -0.15) is 0 Å². The molecule has 10 nitrogen and oxygen atoms in total. The monoisotopic (exact) mass is 315 g/mol. The molecule has 6 N–H and O–H groups in total. The average Bonchev–Trinajstić information content (AvgIpc) is 2.44. The van der Waals surface area contributed by atoms with Crippen LogP contribution in [0.3, 0.4) is 0 Å². The van der Waals surface area contributed by atoms with Crippen LogP contribution in [0.1, 0.15) is 20.8 Å². The number of primary amides is 1. The molecular formula is C12H21N5O5. The molecule has 0 aromatic carbocycles. The lowest BCUT2D eigenvalue weighted by Crippen LogP contribution is -2.54. The number of amides is 5. The van der Waals surface area contributed by atoms with E-state index in [9.17, 15) is 24.0 Å². The number of rotatable bonds is 9. The Balaban J connectivity index is 4.34. The van der Waals surface area contributed by atoms with Crippen LogP contribution in [-0.2, 0) is 24.0 Å². The zero-order valence-electron chi connectivity index (χ0n) is 12.6. The average molecular weight is 315 g/mol. The fraction of sp³-hybridized carbons (Fsp3) is 0.583. The van der Waals surface area contributed by atoms with Gasteiger partial charge in [-0.25, -0.2) is 0 Å². The predicted molar refractivity (Wildman–Crippen MR) is 76.1 cm³/mol. The van der Waals surface area contributed by atoms with E-state index in [1.807, 2.05) is 0 Å². The van der Waals surface area contributed by atoms with Gasteiger partial charge in [-0.15, -0.1) is 0 Å². The van der Waals surface area contributed by atoms with Crippen molar-refractivity contribution in [3.05, 3.63) is 0 Å². The van der Waals surface area contributed by atoms with E-state index < -0.39 is 41.8 Å². The van der Waals surface area contributed by atoms with E-state index in [2.05, 4.69) is 21.3 Å². The summed E-state index contributed by atoms with van der Waals surface area (Å²) >= 11 is 0. The number of carbonyl (C=O) groups excluding carboxylic acids is 5. The van der Waals surface area contributed by atoms with Crippen molar-refractivity contribution in [1.82, 2.24) is 21.3 Å². The molecule has 5 amide bonds. The van der Waals surface area contributed by atoms with E-state index in [4.69, 9.17) is 5.73 Å². The second-order valence-corrected chi connectivity index (χ2v) is 4.65. The van der Waals surface area contributed by atoms with Crippen LogP contribution in [0.4, 0.5) is 0 Å². The zero-order chi connectivity index (χ0) is 17.3. The summed E-state index contributed by atoms with van der Waals surface area (Å²) in [6.07, 6.45) is 0.375. The van der Waals surface area contributed by atoms with Crippen LogP contribution < -0.4 is 27.0 Å². The summed E-state index contributed by atoms with van der Waals surface area (Å²) in [6.45, 7) is 3.96. The second kappa shape index (κ2) is 9.32. The van der Waals surface area contributed by atoms with Gasteiger partial charge in [0.15, 0.2) is 0 Å². The molecule has 124 valence electrons. The molecule has 10 heteroatoms. The number of carbonyl (C=O) groups is 5. The molecule has 0 spiro atoms. The Hall–Kier alpha value is -2.65. The Morgan fingerprint density at radius 2 is 1.36 bits per heavy atom. The largest absolute Gasteiger partial charge is 0.368 e. The van der Waals surface area contributed by atoms with Gasteiger partial charge in [0.25, 0.3) is 0 Å². The summed E-state index contributed by atoms with van der Waals surface area (Å²) < 4.78 is 0. The van der Waals surface area contributed by atoms with Crippen LogP contribution in [0.15, 0.2) is 0 Å². The van der Waals surface area contributed by atoms with Gasteiger partial charge in [-0.3, -0.25) is 24.0 Å². The smallest absolute Gasteiger partial charge is 0.242 e. The first-order chi connectivity index (χ1) is 10.2. The molecule has 0 fully saturated rings. The molecule has 0 saturated heterocycles. The van der Waals surface area contributed by atoms with E-state index in [-0.39, 0.29) is 6.54 Å². The lowest BCUT2D eigenvalue weighted by Gasteiger charge is -2.19. The molecule has 0 saturated carbocycles. The maximum absolute atomic E-state index is 11.8. The Labute approximate surface area is 127 Å². The standard InChI is InChI=1S/C12H21N5O5/c1-6(15-5-18)11(21)17-8(3)12(22)16-7(2)10(20)14-4-9(13)19/h5-8H,4H2,1-3H3,(H2,13,19)(H,14,20)(H,15,18)(H,16,22)(H,17,21)/t6-,7-,8-/m0/s1. The number of nitrogens with one attached hydrogen (secondary N) is 4. The molecule has 0 heterocycles. The maximum atomic E-state index is 11.8. The Kier molecular flexibility index (Phi) is 8.19. The molecule has 0 radical (unpaired) electrons. The van der Waals surface area contributed by atoms with Crippen molar-refractivity contribution in [3.63, 3.8) is 0 Å². The third kappa shape index (κ3) is 7.22. The van der Waals surface area contributed by atoms with Crippen molar-refractivity contribution in [2.45, 2.75) is 38.9 Å². The number of hydrogen-bond donors (Lipinski definition) is 5. The van der Waals surface area contributed by atoms with Crippen molar-refractivity contribution >= 4 is 30.0 Å². The number of nitrogens with two attached hydrogens (primary N) is 1. The van der Waals surface area contributed by atoms with E-state index in [1.165, 1.54) is 20.8 Å². The van der Waals surface area contributed by atoms with Gasteiger partial charge in [-0.1, -0.05) is 0 Å². The van der Waals surface area contributed by atoms with Gasteiger partial charge in [-0.05, 0) is 20.8 Å². The fourth-order valence-electron chi connectivity index (χ4n) is 1.31. The second-order valence-electron chi connectivity index (χ2n) is 4.65. The fourth-order valence-corrected chi connectivity index (χ4v) is 1.31. The van der Waals surface area contributed by atoms with Crippen LogP contribution in [0.25, 0.3) is 0 Å². The van der Waals surface area contributed by atoms with Gasteiger partial charge in [0.2, 0.25) is 30.0 Å². The topological polar surface area (TPSA) is 159 Å². The summed E-state index contributed by atoms with van der Waals surface area (Å²) in [5.74, 6) is -2.42. The van der Waals surface area contributed by atoms with E-state index in [0.717, 1.165) is 0 Å². The minimum Gasteiger partial charge on any atom is -0.368 e. The highest BCUT2D eigenvalue weighted by molar-refractivity contribution is 5.93. The molecule has 0 aromatic rings. The van der Waals surface area contributed by atoms with Gasteiger partial charge >= 0.3 is 0 Å². The first-order valence-corrected chi connectivity index (χ1v) is 6.55. The van der Waals surface area contributed by atoms with Crippen LogP contribution in [0, 0.1) is 0 Å². The molecular weight excluding hydrogens is 294 g/mol. The van der Waals surface area contributed by atoms with Crippen LogP contribution >= 0.6 is 0 Å². The molecule has 0 aromatic heterocycles. The van der Waals surface area contributed by atoms with Crippen LogP contribution in [-0.4, -0.2) is 54.7 Å². The third-order valence-corrected chi connectivity index (χ3v) is 2.65. The molecule has 0 unspecified atom stereocenters. The van der Waals surface area contributed by atoms with Gasteiger partial charge < -0.3 is 27.0 Å². The molecule has 0 aliphatic rings. The predicted octanol–water partition coefficient (Wildman–Crippen LogP) is -3.27. The van der Waals surface area contributed by atoms with Gasteiger partial charge in [0.05, 0.1) is 6.54 Å². The summed E-state index contributed by atoms with van der Waals surface area (Å²) in [5, 5.41) is 9.23. The molecule has 0 bridgehead atoms. The normalized spacial score (nSPS) is 14.0. The van der Waals surface area contributed by atoms with Crippen LogP contribution in [0.5, 0.6) is 0 Å². The Morgan fingerprint density at radius 3 is 1.82 bits per heavy atom. The lowest BCUT2D eigenvalue weighted by atomic mass is 10.2. The zero-order valence-corrected chi connectivity index (χ0v) is 12.6. The van der Waals surface area contributed by atoms with Crippen LogP contribution in [0.2, 0.25) is 0 Å². The quantitative estimate of drug-likeness (QED) is 0.282. The van der Waals surface area contributed by atoms with Crippen molar-refractivity contribution < 1.29 is 24.0 Å². The highest BCUT2D eigenvalue weighted by Gasteiger charge is 2.22. The summed E-state index contributed by atoms with van der Waals surface area (Å²) in [6, 6.07) is -2.60. The SMILES string of the molecule is C[C@H](NC=O)C(=O)N[C@@H](C)C(=O)N[C@@H](C)C(=O)NCC(N)=O. The Bertz CT molecular complexity index is 453. The molecule has 0 rings (SSSR count). The van der Waals surface area contributed by atoms with Gasteiger partial charge in [0.1, 0.15) is 18.1 Å². The summed E-state index contributed by atoms with van der Waals surface area (Å²) in [7, 11) is 0. The minimum atomic E-state index is -0.908. The third-order valence-electron chi connectivity index (χ3n) is 2.65. The highest BCUT2D eigenvalue weighted by Crippen LogP contribution is 1.89. The molecule has 0 aliphatic carbocycles. The molecule has 3 atom stereocenters. The summed E-state index contributed by atoms with van der Waals surface area (Å²) in [4.78, 5) is 55.7. The molecule has 0 aliphatic heterocycles.